The summed E-state index contributed by atoms with van der Waals surface area (Å²) in [5.74, 6) is -0.283. The highest BCUT2D eigenvalue weighted by Crippen LogP contribution is 2.36. The maximum atomic E-state index is 12.1. The SMILES string of the molecule is Cc1cc(C(=O)OCC2Cc3ccccc3S2)ccc1N. The topological polar surface area (TPSA) is 52.3 Å². The van der Waals surface area contributed by atoms with Crippen LogP contribution >= 0.6 is 11.8 Å². The van der Waals surface area contributed by atoms with Gasteiger partial charge in [0.2, 0.25) is 0 Å². The third kappa shape index (κ3) is 3.05. The number of carbonyl (C=O) groups is 1. The number of carbonyl (C=O) groups excluding carboxylic acids is 1. The van der Waals surface area contributed by atoms with Crippen LogP contribution in [0.15, 0.2) is 47.4 Å². The molecule has 0 aliphatic carbocycles. The molecule has 3 nitrogen and oxygen atoms in total. The van der Waals surface area contributed by atoms with E-state index in [1.165, 1.54) is 10.5 Å². The molecule has 0 bridgehead atoms. The van der Waals surface area contributed by atoms with Gasteiger partial charge in [0.15, 0.2) is 0 Å². The number of thioether (sulfide) groups is 1. The summed E-state index contributed by atoms with van der Waals surface area (Å²) < 4.78 is 5.44. The van der Waals surface area contributed by atoms with Crippen molar-refractivity contribution in [2.24, 2.45) is 0 Å². The predicted molar refractivity (Wildman–Crippen MR) is 85.7 cm³/mol. The van der Waals surface area contributed by atoms with Gasteiger partial charge in [-0.1, -0.05) is 18.2 Å². The predicted octanol–water partition coefficient (Wildman–Crippen LogP) is 3.45. The van der Waals surface area contributed by atoms with Gasteiger partial charge >= 0.3 is 5.97 Å². The van der Waals surface area contributed by atoms with Gasteiger partial charge in [-0.15, -0.1) is 11.8 Å². The number of anilines is 1. The third-order valence-electron chi connectivity index (χ3n) is 3.62. The lowest BCUT2D eigenvalue weighted by atomic mass is 10.1. The van der Waals surface area contributed by atoms with Crippen LogP contribution in [0.4, 0.5) is 5.69 Å². The molecule has 0 saturated carbocycles. The minimum atomic E-state index is -0.283. The van der Waals surface area contributed by atoms with Crippen molar-refractivity contribution in [1.82, 2.24) is 0 Å². The molecule has 1 unspecified atom stereocenters. The molecule has 0 spiro atoms. The van der Waals surface area contributed by atoms with Crippen LogP contribution in [0.5, 0.6) is 0 Å². The van der Waals surface area contributed by atoms with Crippen molar-refractivity contribution in [3.8, 4) is 0 Å². The van der Waals surface area contributed by atoms with Crippen LogP contribution in [0.25, 0.3) is 0 Å². The van der Waals surface area contributed by atoms with Crippen molar-refractivity contribution < 1.29 is 9.53 Å². The molecule has 4 heteroatoms. The Kier molecular flexibility index (Phi) is 3.88. The monoisotopic (exact) mass is 299 g/mol. The van der Waals surface area contributed by atoms with Gasteiger partial charge in [-0.3, -0.25) is 0 Å². The van der Waals surface area contributed by atoms with Crippen molar-refractivity contribution in [3.05, 3.63) is 59.2 Å². The van der Waals surface area contributed by atoms with E-state index in [1.54, 1.807) is 30.0 Å². The number of aryl methyl sites for hydroxylation is 1. The first-order valence-corrected chi connectivity index (χ1v) is 7.79. The first kappa shape index (κ1) is 14.0. The maximum absolute atomic E-state index is 12.1. The molecule has 0 fully saturated rings. The first-order chi connectivity index (χ1) is 10.1. The van der Waals surface area contributed by atoms with Crippen molar-refractivity contribution in [1.29, 1.82) is 0 Å². The molecule has 0 saturated heterocycles. The summed E-state index contributed by atoms with van der Waals surface area (Å²) in [6.07, 6.45) is 0.953. The molecular weight excluding hydrogens is 282 g/mol. The second-order valence-corrected chi connectivity index (χ2v) is 6.56. The Hall–Kier alpha value is -1.94. The lowest BCUT2D eigenvalue weighted by molar-refractivity contribution is 0.0507. The highest BCUT2D eigenvalue weighted by molar-refractivity contribution is 8.00. The molecule has 1 aliphatic heterocycles. The van der Waals surface area contributed by atoms with Gasteiger partial charge in [0.1, 0.15) is 6.61 Å². The summed E-state index contributed by atoms with van der Waals surface area (Å²) in [5.41, 5.74) is 9.24. The standard InChI is InChI=1S/C17H17NO2S/c1-11-8-13(6-7-15(11)18)17(19)20-10-14-9-12-4-2-3-5-16(12)21-14/h2-8,14H,9-10,18H2,1H3. The Morgan fingerprint density at radius 1 is 1.33 bits per heavy atom. The molecule has 108 valence electrons. The summed E-state index contributed by atoms with van der Waals surface area (Å²) >= 11 is 1.78. The van der Waals surface area contributed by atoms with Gasteiger partial charge in [-0.2, -0.15) is 0 Å². The summed E-state index contributed by atoms with van der Waals surface area (Å²) in [4.78, 5) is 13.4. The van der Waals surface area contributed by atoms with Crippen LogP contribution in [0.3, 0.4) is 0 Å². The number of hydrogen-bond donors (Lipinski definition) is 1. The molecule has 1 heterocycles. The van der Waals surface area contributed by atoms with Crippen LogP contribution in [0.1, 0.15) is 21.5 Å². The largest absolute Gasteiger partial charge is 0.461 e. The van der Waals surface area contributed by atoms with E-state index in [0.29, 0.717) is 23.1 Å². The molecule has 2 N–H and O–H groups in total. The molecule has 2 aromatic carbocycles. The van der Waals surface area contributed by atoms with E-state index >= 15 is 0 Å². The molecular formula is C17H17NO2S. The van der Waals surface area contributed by atoms with Gasteiger partial charge in [-0.25, -0.2) is 4.79 Å². The fourth-order valence-corrected chi connectivity index (χ4v) is 3.62. The second kappa shape index (κ2) is 5.82. The normalized spacial score (nSPS) is 16.5. The summed E-state index contributed by atoms with van der Waals surface area (Å²) in [5, 5.41) is 0.307. The van der Waals surface area contributed by atoms with E-state index in [-0.39, 0.29) is 5.97 Å². The Bertz CT molecular complexity index is 659. The number of esters is 1. The van der Waals surface area contributed by atoms with E-state index in [1.807, 2.05) is 19.1 Å². The zero-order valence-electron chi connectivity index (χ0n) is 11.8. The van der Waals surface area contributed by atoms with Gasteiger partial charge in [0, 0.05) is 15.8 Å². The van der Waals surface area contributed by atoms with Gasteiger partial charge in [0.05, 0.1) is 5.56 Å². The number of hydrogen-bond acceptors (Lipinski definition) is 4. The summed E-state index contributed by atoms with van der Waals surface area (Å²) in [6.45, 7) is 2.32. The molecule has 2 aromatic rings. The average molecular weight is 299 g/mol. The molecule has 0 amide bonds. The highest BCUT2D eigenvalue weighted by atomic mass is 32.2. The quantitative estimate of drug-likeness (QED) is 0.696. The Morgan fingerprint density at radius 3 is 2.90 bits per heavy atom. The van der Waals surface area contributed by atoms with E-state index in [2.05, 4.69) is 12.1 Å². The molecule has 21 heavy (non-hydrogen) atoms. The third-order valence-corrected chi connectivity index (χ3v) is 4.91. The zero-order valence-corrected chi connectivity index (χ0v) is 12.7. The number of rotatable bonds is 3. The minimum absolute atomic E-state index is 0.283. The fraction of sp³-hybridized carbons (Fsp3) is 0.235. The smallest absolute Gasteiger partial charge is 0.338 e. The van der Waals surface area contributed by atoms with E-state index in [4.69, 9.17) is 10.5 Å². The Labute approximate surface area is 128 Å². The summed E-state index contributed by atoms with van der Waals surface area (Å²) in [6, 6.07) is 13.6. The van der Waals surface area contributed by atoms with E-state index in [9.17, 15) is 4.79 Å². The molecule has 3 rings (SSSR count). The second-order valence-electron chi connectivity index (χ2n) is 5.22. The lowest BCUT2D eigenvalue weighted by Gasteiger charge is -2.10. The minimum Gasteiger partial charge on any atom is -0.461 e. The van der Waals surface area contributed by atoms with Crippen LogP contribution in [0, 0.1) is 6.92 Å². The van der Waals surface area contributed by atoms with Crippen molar-refractivity contribution in [2.75, 3.05) is 12.3 Å². The molecule has 1 atom stereocenters. The van der Waals surface area contributed by atoms with Crippen molar-refractivity contribution in [2.45, 2.75) is 23.5 Å². The molecule has 1 aliphatic rings. The number of ether oxygens (including phenoxy) is 1. The number of nitrogen functional groups attached to an aromatic ring is 1. The number of nitrogens with two attached hydrogens (primary N) is 1. The molecule has 0 aromatic heterocycles. The maximum Gasteiger partial charge on any atom is 0.338 e. The Morgan fingerprint density at radius 2 is 2.14 bits per heavy atom. The van der Waals surface area contributed by atoms with Gasteiger partial charge < -0.3 is 10.5 Å². The summed E-state index contributed by atoms with van der Waals surface area (Å²) in [7, 11) is 0. The van der Waals surface area contributed by atoms with Crippen molar-refractivity contribution in [3.63, 3.8) is 0 Å². The van der Waals surface area contributed by atoms with Gasteiger partial charge in [-0.05, 0) is 48.7 Å². The van der Waals surface area contributed by atoms with Gasteiger partial charge in [0.25, 0.3) is 0 Å². The Balaban J connectivity index is 1.59. The zero-order chi connectivity index (χ0) is 14.8. The molecule has 0 radical (unpaired) electrons. The van der Waals surface area contributed by atoms with Crippen LogP contribution in [0.2, 0.25) is 0 Å². The van der Waals surface area contributed by atoms with Crippen LogP contribution < -0.4 is 5.73 Å². The lowest BCUT2D eigenvalue weighted by Crippen LogP contribution is -2.15. The van der Waals surface area contributed by atoms with Crippen molar-refractivity contribution >= 4 is 23.4 Å². The number of benzene rings is 2. The van der Waals surface area contributed by atoms with Crippen LogP contribution in [-0.2, 0) is 11.2 Å². The van der Waals surface area contributed by atoms with E-state index in [0.717, 1.165) is 12.0 Å². The number of fused-ring (bicyclic) bond motifs is 1. The highest BCUT2D eigenvalue weighted by Gasteiger charge is 2.23. The van der Waals surface area contributed by atoms with Crippen LogP contribution in [-0.4, -0.2) is 17.8 Å². The average Bonchev–Trinajstić information content (AvgIpc) is 2.90. The first-order valence-electron chi connectivity index (χ1n) is 6.91. The van der Waals surface area contributed by atoms with E-state index < -0.39 is 0 Å². The fourth-order valence-electron chi connectivity index (χ4n) is 2.40.